The average molecular weight is 466 g/mol. The third-order valence-electron chi connectivity index (χ3n) is 5.55. The molecule has 2 amide bonds. The van der Waals surface area contributed by atoms with Gasteiger partial charge in [0.2, 0.25) is 5.91 Å². The number of halogens is 1. The Morgan fingerprint density at radius 3 is 2.06 bits per heavy atom. The summed E-state index contributed by atoms with van der Waals surface area (Å²) in [6, 6.07) is 26.1. The van der Waals surface area contributed by atoms with E-state index in [2.05, 4.69) is 10.6 Å². The normalized spacial score (nSPS) is 17.2. The quantitative estimate of drug-likeness (QED) is 0.459. The molecule has 172 valence electrons. The first-order valence-electron chi connectivity index (χ1n) is 10.8. The van der Waals surface area contributed by atoms with Gasteiger partial charge in [-0.05, 0) is 35.2 Å². The van der Waals surface area contributed by atoms with E-state index in [1.165, 1.54) is 5.56 Å². The second-order valence-corrected chi connectivity index (χ2v) is 8.07. The molecule has 4 N–H and O–H groups in total. The zero-order valence-corrected chi connectivity index (χ0v) is 19.0. The maximum absolute atomic E-state index is 13.0. The maximum atomic E-state index is 13.0. The number of carbonyl (C=O) groups is 2. The summed E-state index contributed by atoms with van der Waals surface area (Å²) in [5.41, 5.74) is 9.58. The molecule has 33 heavy (non-hydrogen) atoms. The molecule has 3 atom stereocenters. The standard InChI is InChI=1S/C26H27N3O3.ClH/c27-23-16-22(23)20-11-13-21(14-12-20)28-25(30)24(15-18-7-3-1-4-8-18)29-26(31)32-17-19-9-5-2-6-10-19;/h1-14,22-24H,15-17,27H2,(H,28,30)(H,29,31);1H/t22-,23+,24?;/m0./s1. The van der Waals surface area contributed by atoms with Gasteiger partial charge in [-0.2, -0.15) is 0 Å². The number of carbonyl (C=O) groups excluding carboxylic acids is 2. The first-order valence-corrected chi connectivity index (χ1v) is 10.8. The van der Waals surface area contributed by atoms with Crippen molar-refractivity contribution < 1.29 is 14.3 Å². The van der Waals surface area contributed by atoms with E-state index in [0.717, 1.165) is 17.5 Å². The van der Waals surface area contributed by atoms with Crippen molar-refractivity contribution in [2.45, 2.75) is 37.5 Å². The van der Waals surface area contributed by atoms with Gasteiger partial charge in [0.1, 0.15) is 12.6 Å². The summed E-state index contributed by atoms with van der Waals surface area (Å²) in [6.45, 7) is 0.136. The fourth-order valence-corrected chi connectivity index (χ4v) is 3.61. The van der Waals surface area contributed by atoms with E-state index in [1.54, 1.807) is 0 Å². The predicted molar refractivity (Wildman–Crippen MR) is 131 cm³/mol. The second-order valence-electron chi connectivity index (χ2n) is 8.07. The van der Waals surface area contributed by atoms with E-state index >= 15 is 0 Å². The topological polar surface area (TPSA) is 93.5 Å². The minimum Gasteiger partial charge on any atom is -0.445 e. The van der Waals surface area contributed by atoms with Crippen LogP contribution in [0, 0.1) is 0 Å². The third-order valence-corrected chi connectivity index (χ3v) is 5.55. The average Bonchev–Trinajstić information content (AvgIpc) is 3.55. The lowest BCUT2D eigenvalue weighted by Crippen LogP contribution is -2.45. The maximum Gasteiger partial charge on any atom is 0.408 e. The van der Waals surface area contributed by atoms with Crippen molar-refractivity contribution in [3.63, 3.8) is 0 Å². The summed E-state index contributed by atoms with van der Waals surface area (Å²) >= 11 is 0. The van der Waals surface area contributed by atoms with Crippen LogP contribution in [0.2, 0.25) is 0 Å². The van der Waals surface area contributed by atoms with Crippen molar-refractivity contribution in [3.05, 3.63) is 102 Å². The highest BCUT2D eigenvalue weighted by molar-refractivity contribution is 5.96. The molecule has 1 aliphatic rings. The van der Waals surface area contributed by atoms with Crippen LogP contribution in [-0.2, 0) is 22.6 Å². The van der Waals surface area contributed by atoms with E-state index in [-0.39, 0.29) is 31.0 Å². The number of benzene rings is 3. The van der Waals surface area contributed by atoms with Gasteiger partial charge in [0.15, 0.2) is 0 Å². The zero-order chi connectivity index (χ0) is 22.3. The minimum absolute atomic E-state index is 0. The van der Waals surface area contributed by atoms with Gasteiger partial charge in [-0.15, -0.1) is 12.4 Å². The van der Waals surface area contributed by atoms with Crippen LogP contribution in [0.3, 0.4) is 0 Å². The third kappa shape index (κ3) is 7.07. The van der Waals surface area contributed by atoms with Crippen LogP contribution in [0.15, 0.2) is 84.9 Å². The van der Waals surface area contributed by atoms with Gasteiger partial charge in [-0.25, -0.2) is 4.79 Å². The SMILES string of the molecule is Cl.N[C@@H]1C[C@H]1c1ccc(NC(=O)C(Cc2ccccc2)NC(=O)OCc2ccccc2)cc1. The Bertz CT molecular complexity index is 1050. The molecule has 7 heteroatoms. The lowest BCUT2D eigenvalue weighted by atomic mass is 10.1. The Morgan fingerprint density at radius 1 is 0.909 bits per heavy atom. The van der Waals surface area contributed by atoms with Gasteiger partial charge < -0.3 is 21.1 Å². The minimum atomic E-state index is -0.780. The molecule has 4 rings (SSSR count). The van der Waals surface area contributed by atoms with Crippen LogP contribution in [0.25, 0.3) is 0 Å². The Morgan fingerprint density at radius 2 is 1.48 bits per heavy atom. The molecular weight excluding hydrogens is 438 g/mol. The zero-order valence-electron chi connectivity index (χ0n) is 18.1. The number of nitrogens with two attached hydrogens (primary N) is 1. The van der Waals surface area contributed by atoms with Crippen molar-refractivity contribution >= 4 is 30.1 Å². The molecule has 3 aromatic carbocycles. The molecule has 0 bridgehead atoms. The van der Waals surface area contributed by atoms with E-state index in [1.807, 2.05) is 84.9 Å². The lowest BCUT2D eigenvalue weighted by Gasteiger charge is -2.19. The number of hydrogen-bond donors (Lipinski definition) is 3. The van der Waals surface area contributed by atoms with Crippen LogP contribution in [0.4, 0.5) is 10.5 Å². The molecule has 0 aromatic heterocycles. The fraction of sp³-hybridized carbons (Fsp3) is 0.231. The Hall–Kier alpha value is -3.35. The highest BCUT2D eigenvalue weighted by Gasteiger charge is 2.34. The Balaban J connectivity index is 0.00000306. The summed E-state index contributed by atoms with van der Waals surface area (Å²) in [7, 11) is 0. The number of anilines is 1. The number of amides is 2. The number of ether oxygens (including phenoxy) is 1. The van der Waals surface area contributed by atoms with E-state index in [0.29, 0.717) is 18.0 Å². The highest BCUT2D eigenvalue weighted by Crippen LogP contribution is 2.39. The summed E-state index contributed by atoms with van der Waals surface area (Å²) in [5.74, 6) is 0.105. The number of nitrogens with one attached hydrogen (secondary N) is 2. The van der Waals surface area contributed by atoms with Crippen LogP contribution in [0.5, 0.6) is 0 Å². The molecule has 0 aliphatic heterocycles. The van der Waals surface area contributed by atoms with Crippen LogP contribution in [0.1, 0.15) is 29.0 Å². The van der Waals surface area contributed by atoms with Crippen LogP contribution in [-0.4, -0.2) is 24.1 Å². The van der Waals surface area contributed by atoms with Crippen molar-refractivity contribution in [2.75, 3.05) is 5.32 Å². The molecule has 3 aromatic rings. The van der Waals surface area contributed by atoms with Gasteiger partial charge in [-0.1, -0.05) is 72.8 Å². The molecule has 1 saturated carbocycles. The Kier molecular flexibility index (Phi) is 8.46. The van der Waals surface area contributed by atoms with E-state index < -0.39 is 12.1 Å². The van der Waals surface area contributed by atoms with Crippen LogP contribution < -0.4 is 16.4 Å². The molecule has 1 unspecified atom stereocenters. The number of alkyl carbamates (subject to hydrolysis) is 1. The smallest absolute Gasteiger partial charge is 0.408 e. The summed E-state index contributed by atoms with van der Waals surface area (Å²) in [4.78, 5) is 25.4. The molecule has 1 aliphatic carbocycles. The van der Waals surface area contributed by atoms with Crippen molar-refractivity contribution in [1.82, 2.24) is 5.32 Å². The summed E-state index contributed by atoms with van der Waals surface area (Å²) < 4.78 is 5.31. The predicted octanol–water partition coefficient (Wildman–Crippen LogP) is 4.40. The lowest BCUT2D eigenvalue weighted by molar-refractivity contribution is -0.118. The van der Waals surface area contributed by atoms with Crippen molar-refractivity contribution in [2.24, 2.45) is 5.73 Å². The van der Waals surface area contributed by atoms with Crippen LogP contribution >= 0.6 is 12.4 Å². The van der Waals surface area contributed by atoms with Crippen molar-refractivity contribution in [3.8, 4) is 0 Å². The second kappa shape index (κ2) is 11.5. The summed E-state index contributed by atoms with van der Waals surface area (Å²) in [5, 5.41) is 5.61. The Labute approximate surface area is 199 Å². The number of rotatable bonds is 8. The first kappa shape index (κ1) is 24.3. The van der Waals surface area contributed by atoms with Gasteiger partial charge in [-0.3, -0.25) is 4.79 Å². The fourth-order valence-electron chi connectivity index (χ4n) is 3.61. The van der Waals surface area contributed by atoms with E-state index in [9.17, 15) is 9.59 Å². The van der Waals surface area contributed by atoms with E-state index in [4.69, 9.17) is 10.5 Å². The molecule has 1 fully saturated rings. The van der Waals surface area contributed by atoms with Gasteiger partial charge >= 0.3 is 6.09 Å². The molecule has 6 nitrogen and oxygen atoms in total. The van der Waals surface area contributed by atoms with Gasteiger partial charge in [0, 0.05) is 24.1 Å². The first-order chi connectivity index (χ1) is 15.6. The highest BCUT2D eigenvalue weighted by atomic mass is 35.5. The molecule has 0 spiro atoms. The molecule has 0 heterocycles. The van der Waals surface area contributed by atoms with Gasteiger partial charge in [0.05, 0.1) is 0 Å². The number of hydrogen-bond acceptors (Lipinski definition) is 4. The molecule has 0 radical (unpaired) electrons. The summed E-state index contributed by atoms with van der Waals surface area (Å²) in [6.07, 6.45) is 0.713. The van der Waals surface area contributed by atoms with Crippen molar-refractivity contribution in [1.29, 1.82) is 0 Å². The largest absolute Gasteiger partial charge is 0.445 e. The molecular formula is C26H28ClN3O3. The van der Waals surface area contributed by atoms with Gasteiger partial charge in [0.25, 0.3) is 0 Å². The monoisotopic (exact) mass is 465 g/mol. The molecule has 0 saturated heterocycles.